The number of sulfonamides is 1. The second-order valence-electron chi connectivity index (χ2n) is 16.0. The van der Waals surface area contributed by atoms with Gasteiger partial charge in [-0.3, -0.25) is 14.4 Å². The van der Waals surface area contributed by atoms with Gasteiger partial charge in [0, 0.05) is 60.7 Å². The molecule has 3 aliphatic heterocycles. The van der Waals surface area contributed by atoms with E-state index in [9.17, 15) is 22.8 Å². The van der Waals surface area contributed by atoms with Crippen LogP contribution in [0.3, 0.4) is 0 Å². The highest BCUT2D eigenvalue weighted by Crippen LogP contribution is 2.49. The van der Waals surface area contributed by atoms with Gasteiger partial charge in [-0.15, -0.1) is 0 Å². The van der Waals surface area contributed by atoms with Crippen LogP contribution in [0, 0.1) is 5.41 Å². The van der Waals surface area contributed by atoms with E-state index in [0.29, 0.717) is 32.0 Å². The topological polar surface area (TPSA) is 118 Å². The molecule has 0 radical (unpaired) electrons. The Hall–Kier alpha value is -3.86. The molecule has 3 amide bonds. The zero-order chi connectivity index (χ0) is 36.3. The average Bonchev–Trinajstić information content (AvgIpc) is 3.62. The maximum Gasteiger partial charge on any atom is 0.264 e. The van der Waals surface area contributed by atoms with Crippen molar-refractivity contribution in [2.45, 2.75) is 115 Å². The van der Waals surface area contributed by atoms with Gasteiger partial charge in [0.2, 0.25) is 21.8 Å². The number of carbonyl (C=O) groups is 3. The van der Waals surface area contributed by atoms with E-state index in [0.717, 1.165) is 91.4 Å². The predicted molar refractivity (Wildman–Crippen MR) is 198 cm³/mol. The predicted octanol–water partition coefficient (Wildman–Crippen LogP) is 6.40. The monoisotopic (exact) mass is 716 g/mol. The van der Waals surface area contributed by atoms with Crippen LogP contribution in [0.4, 0.5) is 0 Å². The number of aromatic nitrogens is 1. The van der Waals surface area contributed by atoms with Crippen molar-refractivity contribution in [3.05, 3.63) is 53.1 Å². The Labute approximate surface area is 301 Å². The van der Waals surface area contributed by atoms with Crippen molar-refractivity contribution >= 4 is 38.6 Å². The van der Waals surface area contributed by atoms with Crippen LogP contribution in [0.15, 0.2) is 36.4 Å². The number of piperidine rings is 1. The van der Waals surface area contributed by atoms with Crippen LogP contribution < -0.4 is 9.46 Å². The van der Waals surface area contributed by atoms with E-state index in [1.807, 2.05) is 28.0 Å². The molecule has 1 unspecified atom stereocenters. The van der Waals surface area contributed by atoms with Crippen molar-refractivity contribution in [3.8, 4) is 17.0 Å². The Morgan fingerprint density at radius 2 is 1.67 bits per heavy atom. The fourth-order valence-corrected chi connectivity index (χ4v) is 10.2. The number of fused-ring (bicyclic) bond motifs is 5. The van der Waals surface area contributed by atoms with E-state index in [1.165, 1.54) is 12.0 Å². The van der Waals surface area contributed by atoms with Crippen molar-refractivity contribution in [1.29, 1.82) is 0 Å². The zero-order valence-corrected chi connectivity index (χ0v) is 31.5. The van der Waals surface area contributed by atoms with Crippen LogP contribution in [0.5, 0.6) is 5.75 Å². The molecule has 2 saturated heterocycles. The SMILES string of the molecule is COc1ccc2c(c1)CC(C)(C(=O)N1CCC3(CCCN3C(C)=O)CC1)Cn1c-2c(C2CCCCC2)c2ccc(C(=O)NS(=O)(=O)C(C)C)cc21. The Morgan fingerprint density at radius 3 is 2.33 bits per heavy atom. The molecular formula is C40H52N4O6S. The van der Waals surface area contributed by atoms with Crippen LogP contribution in [-0.4, -0.2) is 78.0 Å². The molecule has 7 rings (SSSR count). The summed E-state index contributed by atoms with van der Waals surface area (Å²) in [5.74, 6) is 0.603. The Balaban J connectivity index is 1.35. The summed E-state index contributed by atoms with van der Waals surface area (Å²) in [6.45, 7) is 9.20. The molecule has 0 bridgehead atoms. The minimum Gasteiger partial charge on any atom is -0.497 e. The summed E-state index contributed by atoms with van der Waals surface area (Å²) >= 11 is 0. The van der Waals surface area contributed by atoms with Crippen molar-refractivity contribution in [2.75, 3.05) is 26.7 Å². The molecule has 3 fully saturated rings. The lowest BCUT2D eigenvalue weighted by molar-refractivity contribution is -0.146. The normalized spacial score (nSPS) is 22.2. The second kappa shape index (κ2) is 13.3. The first-order valence-electron chi connectivity index (χ1n) is 18.7. The fraction of sp³-hybridized carbons (Fsp3) is 0.575. The number of amides is 3. The lowest BCUT2D eigenvalue weighted by Gasteiger charge is -2.46. The van der Waals surface area contributed by atoms with Crippen LogP contribution in [0.1, 0.15) is 113 Å². The molecule has 1 aromatic heterocycles. The van der Waals surface area contributed by atoms with Gasteiger partial charge in [0.05, 0.1) is 23.5 Å². The van der Waals surface area contributed by atoms with Gasteiger partial charge in [-0.2, -0.15) is 0 Å². The highest BCUT2D eigenvalue weighted by molar-refractivity contribution is 7.90. The number of ether oxygens (including phenoxy) is 1. The summed E-state index contributed by atoms with van der Waals surface area (Å²) < 4.78 is 35.6. The van der Waals surface area contributed by atoms with Crippen LogP contribution >= 0.6 is 0 Å². The van der Waals surface area contributed by atoms with E-state index in [1.54, 1.807) is 33.9 Å². The molecule has 4 aliphatic rings. The van der Waals surface area contributed by atoms with Gasteiger partial charge in [-0.1, -0.05) is 25.3 Å². The average molecular weight is 717 g/mol. The van der Waals surface area contributed by atoms with Gasteiger partial charge < -0.3 is 19.1 Å². The molecule has 1 N–H and O–H groups in total. The van der Waals surface area contributed by atoms with Gasteiger partial charge in [-0.05, 0) is 113 Å². The smallest absolute Gasteiger partial charge is 0.264 e. The molecule has 1 saturated carbocycles. The minimum absolute atomic E-state index is 0.0873. The van der Waals surface area contributed by atoms with E-state index in [2.05, 4.69) is 28.3 Å². The number of hydrogen-bond acceptors (Lipinski definition) is 6. The number of hydrogen-bond donors (Lipinski definition) is 1. The van der Waals surface area contributed by atoms with Gasteiger partial charge in [0.1, 0.15) is 5.75 Å². The number of likely N-dealkylation sites (tertiary alicyclic amines) is 2. The largest absolute Gasteiger partial charge is 0.497 e. The molecule has 2 aromatic carbocycles. The van der Waals surface area contributed by atoms with Crippen molar-refractivity contribution < 1.29 is 27.5 Å². The fourth-order valence-electron chi connectivity index (χ4n) is 9.58. The number of methoxy groups -OCH3 is 1. The molecule has 274 valence electrons. The van der Waals surface area contributed by atoms with Crippen LogP contribution in [0.2, 0.25) is 0 Å². The lowest BCUT2D eigenvalue weighted by atomic mass is 9.78. The molecule has 1 aliphatic carbocycles. The highest BCUT2D eigenvalue weighted by Gasteiger charge is 2.48. The molecular weight excluding hydrogens is 665 g/mol. The quantitative estimate of drug-likeness (QED) is 0.316. The first-order valence-corrected chi connectivity index (χ1v) is 20.3. The molecule has 1 atom stereocenters. The summed E-state index contributed by atoms with van der Waals surface area (Å²) in [6, 6.07) is 11.7. The maximum atomic E-state index is 14.9. The lowest BCUT2D eigenvalue weighted by Crippen LogP contribution is -2.56. The Morgan fingerprint density at radius 1 is 0.941 bits per heavy atom. The summed E-state index contributed by atoms with van der Waals surface area (Å²) in [4.78, 5) is 44.9. The Kier molecular flexibility index (Phi) is 9.25. The third kappa shape index (κ3) is 6.23. The molecule has 3 aromatic rings. The summed E-state index contributed by atoms with van der Waals surface area (Å²) in [6.07, 6.45) is 9.68. The van der Waals surface area contributed by atoms with Crippen molar-refractivity contribution in [2.24, 2.45) is 5.41 Å². The number of benzene rings is 2. The zero-order valence-electron chi connectivity index (χ0n) is 30.7. The molecule has 51 heavy (non-hydrogen) atoms. The molecule has 11 heteroatoms. The first kappa shape index (κ1) is 35.5. The molecule has 4 heterocycles. The standard InChI is InChI=1S/C40H52N4O6S/c1-26(2)51(48,49)41-37(46)29-12-14-33-34(23-29)43-25-39(4,38(47)42-20-17-40(18-21-42)16-9-19-44(40)27(3)45)24-30-22-31(50-5)13-15-32(30)36(43)35(33)28-10-7-6-8-11-28/h12-15,22-23,26,28H,6-11,16-21,24-25H2,1-5H3,(H,41,46). The number of carbonyl (C=O) groups excluding carboxylic acids is 3. The second-order valence-corrected chi connectivity index (χ2v) is 18.2. The first-order chi connectivity index (χ1) is 24.3. The summed E-state index contributed by atoms with van der Waals surface area (Å²) in [5.41, 5.74) is 4.56. The van der Waals surface area contributed by atoms with E-state index in [-0.39, 0.29) is 22.9 Å². The van der Waals surface area contributed by atoms with E-state index < -0.39 is 26.6 Å². The van der Waals surface area contributed by atoms with E-state index in [4.69, 9.17) is 4.74 Å². The van der Waals surface area contributed by atoms with Gasteiger partial charge in [0.25, 0.3) is 5.91 Å². The highest BCUT2D eigenvalue weighted by atomic mass is 32.2. The summed E-state index contributed by atoms with van der Waals surface area (Å²) in [7, 11) is -2.17. The number of nitrogens with zero attached hydrogens (tertiary/aromatic N) is 3. The van der Waals surface area contributed by atoms with Gasteiger partial charge in [-0.25, -0.2) is 13.1 Å². The summed E-state index contributed by atoms with van der Waals surface area (Å²) in [5, 5.41) is 0.292. The Bertz CT molecular complexity index is 1990. The van der Waals surface area contributed by atoms with Crippen LogP contribution in [0.25, 0.3) is 22.2 Å². The van der Waals surface area contributed by atoms with Gasteiger partial charge in [0.15, 0.2) is 0 Å². The van der Waals surface area contributed by atoms with Gasteiger partial charge >= 0.3 is 0 Å². The number of nitrogens with one attached hydrogen (secondary N) is 1. The minimum atomic E-state index is -3.83. The molecule has 1 spiro atoms. The van der Waals surface area contributed by atoms with Crippen LogP contribution in [-0.2, 0) is 32.6 Å². The third-order valence-corrected chi connectivity index (χ3v) is 14.1. The van der Waals surface area contributed by atoms with E-state index >= 15 is 0 Å². The third-order valence-electron chi connectivity index (χ3n) is 12.4. The van der Waals surface area contributed by atoms with Crippen molar-refractivity contribution in [3.63, 3.8) is 0 Å². The maximum absolute atomic E-state index is 14.9. The van der Waals surface area contributed by atoms with Crippen molar-refractivity contribution in [1.82, 2.24) is 19.1 Å². The number of rotatable bonds is 6. The molecule has 10 nitrogen and oxygen atoms in total.